The van der Waals surface area contributed by atoms with E-state index in [0.29, 0.717) is 17.1 Å². The molecule has 1 aliphatic rings. The maximum absolute atomic E-state index is 15.1. The molecule has 7 heteroatoms. The van der Waals surface area contributed by atoms with Gasteiger partial charge in [0.15, 0.2) is 11.6 Å². The van der Waals surface area contributed by atoms with Crippen molar-refractivity contribution in [2.45, 2.75) is 57.7 Å². The fraction of sp³-hybridized carbons (Fsp3) is 0.385. The third-order valence-corrected chi connectivity index (χ3v) is 5.91. The lowest BCUT2D eigenvalue weighted by Gasteiger charge is -2.45. The van der Waals surface area contributed by atoms with E-state index < -0.39 is 11.6 Å². The van der Waals surface area contributed by atoms with Crippen molar-refractivity contribution in [3.8, 4) is 28.9 Å². The van der Waals surface area contributed by atoms with Crippen molar-refractivity contribution >= 4 is 0 Å². The number of nitriles is 1. The molecule has 0 atom stereocenters. The van der Waals surface area contributed by atoms with Crippen molar-refractivity contribution in [1.82, 2.24) is 9.55 Å². The Labute approximate surface area is 192 Å². The van der Waals surface area contributed by atoms with Gasteiger partial charge in [-0.05, 0) is 64.8 Å². The minimum absolute atomic E-state index is 0.0305. The zero-order valence-electron chi connectivity index (χ0n) is 19.4. The first kappa shape index (κ1) is 22.9. The van der Waals surface area contributed by atoms with Crippen molar-refractivity contribution in [2.75, 3.05) is 7.11 Å². The number of rotatable bonds is 4. The molecule has 33 heavy (non-hydrogen) atoms. The summed E-state index contributed by atoms with van der Waals surface area (Å²) in [6.07, 6.45) is 3.13. The first-order valence-corrected chi connectivity index (χ1v) is 10.9. The lowest BCUT2D eigenvalue weighted by atomic mass is 9.79. The van der Waals surface area contributed by atoms with E-state index in [4.69, 9.17) is 19.7 Å². The zero-order valence-corrected chi connectivity index (χ0v) is 19.4. The van der Waals surface area contributed by atoms with E-state index in [1.807, 2.05) is 39.8 Å². The minimum Gasteiger partial charge on any atom is -0.496 e. The van der Waals surface area contributed by atoms with Gasteiger partial charge >= 0.3 is 0 Å². The highest BCUT2D eigenvalue weighted by atomic mass is 19.1. The highest BCUT2D eigenvalue weighted by Gasteiger charge is 2.41. The summed E-state index contributed by atoms with van der Waals surface area (Å²) >= 11 is 0. The Hall–Kier alpha value is -3.24. The molecule has 0 N–H and O–H groups in total. The number of hydrogen-bond donors (Lipinski definition) is 0. The van der Waals surface area contributed by atoms with Crippen molar-refractivity contribution < 1.29 is 18.3 Å². The van der Waals surface area contributed by atoms with Crippen LogP contribution in [-0.4, -0.2) is 27.9 Å². The fourth-order valence-corrected chi connectivity index (χ4v) is 4.94. The molecule has 1 aliphatic heterocycles. The zero-order chi connectivity index (χ0) is 24.0. The third kappa shape index (κ3) is 4.49. The van der Waals surface area contributed by atoms with E-state index in [1.54, 1.807) is 31.5 Å². The highest BCUT2D eigenvalue weighted by molar-refractivity contribution is 5.67. The van der Waals surface area contributed by atoms with Crippen molar-refractivity contribution in [3.05, 3.63) is 65.5 Å². The van der Waals surface area contributed by atoms with Gasteiger partial charge in [0.1, 0.15) is 17.3 Å². The molecular weight excluding hydrogens is 424 g/mol. The summed E-state index contributed by atoms with van der Waals surface area (Å²) in [5, 5.41) is 9.09. The first-order valence-electron chi connectivity index (χ1n) is 10.9. The molecule has 0 bridgehead atoms. The maximum atomic E-state index is 15.1. The Bertz CT molecular complexity index is 1200. The second-order valence-electron chi connectivity index (χ2n) is 9.69. The molecule has 1 fully saturated rings. The molecular formula is C26H27F2N3O2. The molecule has 5 nitrogen and oxygen atoms in total. The quantitative estimate of drug-likeness (QED) is 0.477. The standard InChI is InChI=1S/C26H27F2N3O2/c1-25(2)12-17(13-26(3,4)33-25)21-15-31(23-19(27)10-16(14-29)11-20(23)28)24(30-21)18-8-6-7-9-22(18)32-5/h6-11,15,17H,12-13H2,1-5H3. The van der Waals surface area contributed by atoms with Gasteiger partial charge in [0.05, 0.1) is 41.2 Å². The van der Waals surface area contributed by atoms with E-state index in [0.717, 1.165) is 30.7 Å². The Morgan fingerprint density at radius 1 is 1.09 bits per heavy atom. The molecule has 0 spiro atoms. The SMILES string of the molecule is COc1ccccc1-c1nc(C2CC(C)(C)OC(C)(C)C2)cn1-c1c(F)cc(C#N)cc1F. The smallest absolute Gasteiger partial charge is 0.151 e. The lowest BCUT2D eigenvalue weighted by Crippen LogP contribution is -2.44. The number of para-hydroxylation sites is 1. The number of methoxy groups -OCH3 is 1. The number of aromatic nitrogens is 2. The van der Waals surface area contributed by atoms with E-state index >= 15 is 8.78 Å². The van der Waals surface area contributed by atoms with Gasteiger partial charge in [-0.25, -0.2) is 13.8 Å². The van der Waals surface area contributed by atoms with Gasteiger partial charge in [-0.3, -0.25) is 4.57 Å². The van der Waals surface area contributed by atoms with Crippen molar-refractivity contribution in [1.29, 1.82) is 5.26 Å². The molecule has 4 rings (SSSR count). The first-order chi connectivity index (χ1) is 15.5. The summed E-state index contributed by atoms with van der Waals surface area (Å²) in [7, 11) is 1.54. The number of imidazole rings is 1. The van der Waals surface area contributed by atoms with E-state index in [2.05, 4.69) is 0 Å². The molecule has 0 amide bonds. The summed E-state index contributed by atoms with van der Waals surface area (Å²) in [6.45, 7) is 8.16. The van der Waals surface area contributed by atoms with Gasteiger partial charge in [-0.1, -0.05) is 12.1 Å². The van der Waals surface area contributed by atoms with Crippen LogP contribution in [0, 0.1) is 23.0 Å². The summed E-state index contributed by atoms with van der Waals surface area (Å²) in [5.74, 6) is -0.730. The Morgan fingerprint density at radius 2 is 1.70 bits per heavy atom. The van der Waals surface area contributed by atoms with Gasteiger partial charge in [0.25, 0.3) is 0 Å². The van der Waals surface area contributed by atoms with Crippen LogP contribution in [0.1, 0.15) is 57.7 Å². The van der Waals surface area contributed by atoms with Gasteiger partial charge < -0.3 is 9.47 Å². The Morgan fingerprint density at radius 3 is 2.27 bits per heavy atom. The average molecular weight is 452 g/mol. The van der Waals surface area contributed by atoms with Gasteiger partial charge in [0, 0.05) is 12.1 Å². The van der Waals surface area contributed by atoms with Crippen LogP contribution in [0.4, 0.5) is 8.78 Å². The molecule has 0 radical (unpaired) electrons. The van der Waals surface area contributed by atoms with Crippen LogP contribution in [0.5, 0.6) is 5.75 Å². The van der Waals surface area contributed by atoms with E-state index in [-0.39, 0.29) is 28.4 Å². The van der Waals surface area contributed by atoms with Crippen LogP contribution in [-0.2, 0) is 4.74 Å². The summed E-state index contributed by atoms with van der Waals surface area (Å²) < 4.78 is 43.3. The predicted molar refractivity (Wildman–Crippen MR) is 121 cm³/mol. The third-order valence-electron chi connectivity index (χ3n) is 5.91. The Kier molecular flexibility index (Phi) is 5.75. The second kappa shape index (κ2) is 8.27. The highest BCUT2D eigenvalue weighted by Crippen LogP contribution is 2.44. The number of benzene rings is 2. The monoisotopic (exact) mass is 451 g/mol. The molecule has 2 aromatic carbocycles. The predicted octanol–water partition coefficient (Wildman–Crippen LogP) is 6.15. The molecule has 0 aliphatic carbocycles. The van der Waals surface area contributed by atoms with E-state index in [1.165, 1.54) is 4.57 Å². The Balaban J connectivity index is 1.93. The molecule has 172 valence electrons. The van der Waals surface area contributed by atoms with Crippen LogP contribution in [0.15, 0.2) is 42.6 Å². The van der Waals surface area contributed by atoms with Gasteiger partial charge in [-0.2, -0.15) is 5.26 Å². The number of nitrogens with zero attached hydrogens (tertiary/aromatic N) is 3. The van der Waals surface area contributed by atoms with Crippen LogP contribution in [0.3, 0.4) is 0 Å². The second-order valence-corrected chi connectivity index (χ2v) is 9.69. The van der Waals surface area contributed by atoms with Crippen LogP contribution in [0.25, 0.3) is 17.1 Å². The summed E-state index contributed by atoms with van der Waals surface area (Å²) in [4.78, 5) is 4.87. The average Bonchev–Trinajstić information content (AvgIpc) is 3.15. The largest absolute Gasteiger partial charge is 0.496 e. The van der Waals surface area contributed by atoms with E-state index in [9.17, 15) is 0 Å². The fourth-order valence-electron chi connectivity index (χ4n) is 4.94. The van der Waals surface area contributed by atoms with Crippen LogP contribution < -0.4 is 4.74 Å². The van der Waals surface area contributed by atoms with Gasteiger partial charge in [0.2, 0.25) is 0 Å². The maximum Gasteiger partial charge on any atom is 0.151 e. The molecule has 3 aromatic rings. The number of halogens is 2. The molecule has 1 aromatic heterocycles. The number of hydrogen-bond acceptors (Lipinski definition) is 4. The van der Waals surface area contributed by atoms with Crippen molar-refractivity contribution in [3.63, 3.8) is 0 Å². The molecule has 0 unspecified atom stereocenters. The number of ether oxygens (including phenoxy) is 2. The van der Waals surface area contributed by atoms with Crippen LogP contribution in [0.2, 0.25) is 0 Å². The lowest BCUT2D eigenvalue weighted by molar-refractivity contribution is -0.162. The van der Waals surface area contributed by atoms with Gasteiger partial charge in [-0.15, -0.1) is 0 Å². The molecule has 0 saturated carbocycles. The van der Waals surface area contributed by atoms with Crippen molar-refractivity contribution in [2.24, 2.45) is 0 Å². The minimum atomic E-state index is -0.834. The van der Waals surface area contributed by atoms with Crippen LogP contribution >= 0.6 is 0 Å². The summed E-state index contributed by atoms with van der Waals surface area (Å²) in [6, 6.07) is 11.1. The normalized spacial score (nSPS) is 17.5. The molecule has 1 saturated heterocycles. The summed E-state index contributed by atoms with van der Waals surface area (Å²) in [5.41, 5.74) is 0.237. The topological polar surface area (TPSA) is 60.1 Å². The molecule has 2 heterocycles.